The van der Waals surface area contributed by atoms with Gasteiger partial charge in [-0.15, -0.1) is 6.58 Å². The first kappa shape index (κ1) is 20.5. The first-order valence-electron chi connectivity index (χ1n) is 8.71. The fourth-order valence-electron chi connectivity index (χ4n) is 2.63. The van der Waals surface area contributed by atoms with Gasteiger partial charge in [0.1, 0.15) is 0 Å². The van der Waals surface area contributed by atoms with Crippen molar-refractivity contribution in [3.8, 4) is 0 Å². The molecule has 1 rings (SSSR count). The first-order chi connectivity index (χ1) is 9.65. The van der Waals surface area contributed by atoms with Crippen LogP contribution in [-0.4, -0.2) is 12.5 Å². The fourth-order valence-corrected chi connectivity index (χ4v) is 2.63. The lowest BCUT2D eigenvalue weighted by Gasteiger charge is -2.57. The molecule has 1 saturated heterocycles. The van der Waals surface area contributed by atoms with E-state index in [9.17, 15) is 0 Å². The van der Waals surface area contributed by atoms with Gasteiger partial charge in [0.05, 0.1) is 0 Å². The second-order valence-corrected chi connectivity index (χ2v) is 7.18. The number of rotatable bonds is 6. The Kier molecular flexibility index (Phi) is 8.03. The summed E-state index contributed by atoms with van der Waals surface area (Å²) in [4.78, 5) is 0. The summed E-state index contributed by atoms with van der Waals surface area (Å²) in [6, 6.07) is 0. The molecule has 122 valence electrons. The highest BCUT2D eigenvalue weighted by Crippen LogP contribution is 2.55. The molecule has 1 atom stereocenters. The Balaban J connectivity index is 0.00000191. The summed E-state index contributed by atoms with van der Waals surface area (Å²) in [7, 11) is 0. The van der Waals surface area contributed by atoms with Crippen LogP contribution in [0.2, 0.25) is 5.31 Å². The van der Waals surface area contributed by atoms with Gasteiger partial charge in [0, 0.05) is 10.9 Å². The van der Waals surface area contributed by atoms with Crippen LogP contribution in [0.3, 0.4) is 0 Å². The van der Waals surface area contributed by atoms with Gasteiger partial charge >= 0.3 is 6.92 Å². The van der Waals surface area contributed by atoms with Gasteiger partial charge in [0.2, 0.25) is 0 Å². The van der Waals surface area contributed by atoms with Crippen molar-refractivity contribution >= 4 is 6.92 Å². The van der Waals surface area contributed by atoms with Crippen LogP contribution in [0.15, 0.2) is 23.7 Å². The van der Waals surface area contributed by atoms with Crippen molar-refractivity contribution in [1.29, 1.82) is 0 Å². The standard InChI is InChI=1S/C17H31BO.C2H6/c1-9-13(3)11-15(10-2)12-14(4)18-16(5,6)17(7,8)19-18;1-2/h12-13H,4,9-11H2,1-3,5-8H3;1-2H3/b15-12+;. The van der Waals surface area contributed by atoms with Crippen LogP contribution in [0.25, 0.3) is 0 Å². The van der Waals surface area contributed by atoms with E-state index >= 15 is 0 Å². The van der Waals surface area contributed by atoms with Crippen LogP contribution < -0.4 is 0 Å². The van der Waals surface area contributed by atoms with E-state index in [-0.39, 0.29) is 17.8 Å². The zero-order valence-electron chi connectivity index (χ0n) is 16.0. The fraction of sp³-hybridized carbons (Fsp3) is 0.789. The first-order valence-corrected chi connectivity index (χ1v) is 8.71. The van der Waals surface area contributed by atoms with Crippen molar-refractivity contribution in [3.05, 3.63) is 23.7 Å². The topological polar surface area (TPSA) is 9.23 Å². The molecule has 0 saturated carbocycles. The molecule has 1 aliphatic rings. The van der Waals surface area contributed by atoms with Crippen LogP contribution in [0.4, 0.5) is 0 Å². The van der Waals surface area contributed by atoms with Gasteiger partial charge in [-0.05, 0) is 32.6 Å². The van der Waals surface area contributed by atoms with E-state index in [1.54, 1.807) is 0 Å². The summed E-state index contributed by atoms with van der Waals surface area (Å²) >= 11 is 0. The quantitative estimate of drug-likeness (QED) is 0.403. The Hall–Kier alpha value is -0.495. The van der Waals surface area contributed by atoms with E-state index in [1.165, 1.54) is 18.4 Å². The lowest BCUT2D eigenvalue weighted by Crippen LogP contribution is -2.62. The zero-order chi connectivity index (χ0) is 16.8. The maximum Gasteiger partial charge on any atom is 0.335 e. The molecular formula is C19H37BO. The van der Waals surface area contributed by atoms with Crippen LogP contribution in [0.5, 0.6) is 0 Å². The molecule has 1 unspecified atom stereocenters. The van der Waals surface area contributed by atoms with Gasteiger partial charge in [0.25, 0.3) is 0 Å². The van der Waals surface area contributed by atoms with Gasteiger partial charge in [-0.25, -0.2) is 0 Å². The minimum Gasteiger partial charge on any atom is -0.425 e. The molecule has 1 aliphatic heterocycles. The number of allylic oxidation sites excluding steroid dienone is 3. The van der Waals surface area contributed by atoms with E-state index in [4.69, 9.17) is 4.65 Å². The summed E-state index contributed by atoms with van der Waals surface area (Å²) in [6.45, 7) is 24.1. The third kappa shape index (κ3) is 4.74. The summed E-state index contributed by atoms with van der Waals surface area (Å²) in [5, 5.41) is 0.163. The van der Waals surface area contributed by atoms with E-state index in [0.29, 0.717) is 0 Å². The molecule has 0 aromatic rings. The summed E-state index contributed by atoms with van der Waals surface area (Å²) < 4.78 is 6.04. The van der Waals surface area contributed by atoms with Gasteiger partial charge in [0.15, 0.2) is 0 Å². The molecule has 0 N–H and O–H groups in total. The predicted molar refractivity (Wildman–Crippen MR) is 97.9 cm³/mol. The maximum absolute atomic E-state index is 6.04. The highest BCUT2D eigenvalue weighted by molar-refractivity contribution is 6.67. The predicted octanol–water partition coefficient (Wildman–Crippen LogP) is 6.46. The molecule has 0 aliphatic carbocycles. The summed E-state index contributed by atoms with van der Waals surface area (Å²) in [5.74, 6) is 0.755. The molecule has 0 bridgehead atoms. The normalized spacial score (nSPS) is 21.0. The second-order valence-electron chi connectivity index (χ2n) is 7.18. The summed E-state index contributed by atoms with van der Waals surface area (Å²) in [5.41, 5.74) is 2.60. The van der Waals surface area contributed by atoms with Crippen molar-refractivity contribution in [2.75, 3.05) is 0 Å². The lowest BCUT2D eigenvalue weighted by molar-refractivity contribution is -0.0111. The SMILES string of the molecule is C=C(/C=C(\CC)CC(C)CC)B1OC(C)(C)C1(C)C.CC. The molecule has 0 radical (unpaired) electrons. The third-order valence-electron chi connectivity index (χ3n) is 5.11. The van der Waals surface area contributed by atoms with Gasteiger partial charge in [-0.1, -0.05) is 72.0 Å². The average Bonchev–Trinajstić information content (AvgIpc) is 2.45. The molecule has 1 nitrogen and oxygen atoms in total. The highest BCUT2D eigenvalue weighted by atomic mass is 16.5. The Bertz CT molecular complexity index is 366. The Morgan fingerprint density at radius 3 is 2.05 bits per heavy atom. The summed E-state index contributed by atoms with van der Waals surface area (Å²) in [6.07, 6.45) is 5.82. The second kappa shape index (κ2) is 8.22. The molecule has 2 heteroatoms. The smallest absolute Gasteiger partial charge is 0.335 e. The largest absolute Gasteiger partial charge is 0.425 e. The molecule has 21 heavy (non-hydrogen) atoms. The lowest BCUT2D eigenvalue weighted by atomic mass is 9.32. The van der Waals surface area contributed by atoms with Gasteiger partial charge in [-0.3, -0.25) is 0 Å². The van der Waals surface area contributed by atoms with Crippen molar-refractivity contribution in [2.45, 2.75) is 92.5 Å². The molecule has 0 aromatic carbocycles. The van der Waals surface area contributed by atoms with Crippen molar-refractivity contribution < 1.29 is 4.65 Å². The zero-order valence-corrected chi connectivity index (χ0v) is 16.0. The van der Waals surface area contributed by atoms with E-state index in [1.807, 2.05) is 13.8 Å². The van der Waals surface area contributed by atoms with Crippen LogP contribution in [0, 0.1) is 5.92 Å². The van der Waals surface area contributed by atoms with Crippen molar-refractivity contribution in [3.63, 3.8) is 0 Å². The van der Waals surface area contributed by atoms with E-state index < -0.39 is 0 Å². The Labute approximate surface area is 134 Å². The van der Waals surface area contributed by atoms with Crippen LogP contribution in [-0.2, 0) is 4.65 Å². The molecule has 1 heterocycles. The minimum absolute atomic E-state index is 0.0441. The van der Waals surface area contributed by atoms with Crippen molar-refractivity contribution in [1.82, 2.24) is 0 Å². The number of hydrogen-bond donors (Lipinski definition) is 0. The molecule has 1 fully saturated rings. The highest BCUT2D eigenvalue weighted by Gasteiger charge is 2.59. The average molecular weight is 292 g/mol. The minimum atomic E-state index is -0.0441. The Morgan fingerprint density at radius 1 is 1.19 bits per heavy atom. The molecule has 0 spiro atoms. The van der Waals surface area contributed by atoms with Gasteiger partial charge < -0.3 is 4.65 Å². The maximum atomic E-state index is 6.04. The van der Waals surface area contributed by atoms with E-state index in [2.05, 4.69) is 61.1 Å². The molecular weight excluding hydrogens is 255 g/mol. The number of hydrogen-bond acceptors (Lipinski definition) is 1. The van der Waals surface area contributed by atoms with Gasteiger partial charge in [-0.2, -0.15) is 0 Å². The van der Waals surface area contributed by atoms with E-state index in [0.717, 1.165) is 17.8 Å². The Morgan fingerprint density at radius 2 is 1.71 bits per heavy atom. The molecule has 0 amide bonds. The van der Waals surface area contributed by atoms with Crippen LogP contribution >= 0.6 is 0 Å². The third-order valence-corrected chi connectivity index (χ3v) is 5.11. The van der Waals surface area contributed by atoms with Crippen LogP contribution in [0.1, 0.15) is 81.6 Å². The van der Waals surface area contributed by atoms with Crippen molar-refractivity contribution in [2.24, 2.45) is 5.92 Å². The molecule has 0 aromatic heterocycles. The monoisotopic (exact) mass is 292 g/mol.